The van der Waals surface area contributed by atoms with E-state index in [0.29, 0.717) is 12.1 Å². The normalized spacial score (nSPS) is 10.8. The van der Waals surface area contributed by atoms with Crippen LogP contribution in [0.4, 0.5) is 5.69 Å². The minimum absolute atomic E-state index is 0.0228. The van der Waals surface area contributed by atoms with Gasteiger partial charge in [-0.2, -0.15) is 0 Å². The fraction of sp³-hybridized carbons (Fsp3) is 0.471. The Bertz CT molecular complexity index is 512. The van der Waals surface area contributed by atoms with Crippen LogP contribution in [-0.4, -0.2) is 17.4 Å². The third kappa shape index (κ3) is 7.57. The molecular formula is C17H24N2O3. The molecule has 0 radical (unpaired) electrons. The molecule has 1 aromatic rings. The Labute approximate surface area is 131 Å². The van der Waals surface area contributed by atoms with E-state index in [0.717, 1.165) is 12.8 Å². The van der Waals surface area contributed by atoms with E-state index in [2.05, 4.69) is 12.2 Å². The van der Waals surface area contributed by atoms with Crippen LogP contribution < -0.4 is 5.32 Å². The summed E-state index contributed by atoms with van der Waals surface area (Å²) in [5, 5.41) is 13.5. The van der Waals surface area contributed by atoms with Gasteiger partial charge in [0.15, 0.2) is 0 Å². The summed E-state index contributed by atoms with van der Waals surface area (Å²) in [4.78, 5) is 21.9. The zero-order valence-corrected chi connectivity index (χ0v) is 13.1. The molecule has 120 valence electrons. The molecule has 0 fully saturated rings. The van der Waals surface area contributed by atoms with Crippen molar-refractivity contribution in [3.63, 3.8) is 0 Å². The first-order valence-corrected chi connectivity index (χ1v) is 7.84. The summed E-state index contributed by atoms with van der Waals surface area (Å²) >= 11 is 0. The molecule has 5 heteroatoms. The molecule has 5 nitrogen and oxygen atoms in total. The number of rotatable bonds is 10. The number of nitrogens with zero attached hydrogens (tertiary/aromatic N) is 1. The Morgan fingerprint density at radius 1 is 1.23 bits per heavy atom. The Kier molecular flexibility index (Phi) is 8.57. The van der Waals surface area contributed by atoms with Crippen LogP contribution in [0.15, 0.2) is 30.3 Å². The van der Waals surface area contributed by atoms with Crippen LogP contribution in [0.25, 0.3) is 6.08 Å². The van der Waals surface area contributed by atoms with Gasteiger partial charge in [-0.3, -0.25) is 14.9 Å². The Morgan fingerprint density at radius 3 is 2.68 bits per heavy atom. The van der Waals surface area contributed by atoms with Crippen LogP contribution in [0.2, 0.25) is 0 Å². The van der Waals surface area contributed by atoms with Crippen molar-refractivity contribution in [1.29, 1.82) is 0 Å². The maximum absolute atomic E-state index is 11.6. The number of unbranched alkanes of at least 4 members (excludes halogenated alkanes) is 5. The molecule has 0 saturated carbocycles. The summed E-state index contributed by atoms with van der Waals surface area (Å²) in [6.45, 7) is 2.86. The molecule has 0 heterocycles. The fourth-order valence-electron chi connectivity index (χ4n) is 2.09. The first kappa shape index (κ1) is 17.9. The number of carbonyl (C=O) groups is 1. The average Bonchev–Trinajstić information content (AvgIpc) is 2.52. The number of nitrogens with one attached hydrogen (secondary N) is 1. The highest BCUT2D eigenvalue weighted by atomic mass is 16.6. The Morgan fingerprint density at radius 2 is 1.95 bits per heavy atom. The highest BCUT2D eigenvalue weighted by Crippen LogP contribution is 2.14. The van der Waals surface area contributed by atoms with Gasteiger partial charge in [0.1, 0.15) is 0 Å². The molecular weight excluding hydrogens is 280 g/mol. The second-order valence-corrected chi connectivity index (χ2v) is 5.24. The van der Waals surface area contributed by atoms with E-state index in [9.17, 15) is 14.9 Å². The molecule has 1 N–H and O–H groups in total. The van der Waals surface area contributed by atoms with E-state index in [-0.39, 0.29) is 11.6 Å². The van der Waals surface area contributed by atoms with Gasteiger partial charge in [0.05, 0.1) is 4.92 Å². The van der Waals surface area contributed by atoms with Gasteiger partial charge in [-0.25, -0.2) is 0 Å². The molecule has 0 atom stereocenters. The summed E-state index contributed by atoms with van der Waals surface area (Å²) in [6.07, 6.45) is 10.1. The van der Waals surface area contributed by atoms with Gasteiger partial charge in [0.2, 0.25) is 5.91 Å². The van der Waals surface area contributed by atoms with Gasteiger partial charge in [0, 0.05) is 24.8 Å². The number of nitro benzene ring substituents is 1. The van der Waals surface area contributed by atoms with Gasteiger partial charge >= 0.3 is 0 Å². The summed E-state index contributed by atoms with van der Waals surface area (Å²) in [5.74, 6) is -0.167. The number of hydrogen-bond donors (Lipinski definition) is 1. The molecule has 0 bridgehead atoms. The van der Waals surface area contributed by atoms with Gasteiger partial charge in [-0.05, 0) is 18.1 Å². The topological polar surface area (TPSA) is 72.2 Å². The van der Waals surface area contributed by atoms with Crippen molar-refractivity contribution in [1.82, 2.24) is 5.32 Å². The van der Waals surface area contributed by atoms with Gasteiger partial charge in [0.25, 0.3) is 5.69 Å². The largest absolute Gasteiger partial charge is 0.353 e. The Hall–Kier alpha value is -2.17. The van der Waals surface area contributed by atoms with Crippen molar-refractivity contribution < 1.29 is 9.72 Å². The van der Waals surface area contributed by atoms with Crippen molar-refractivity contribution in [2.24, 2.45) is 0 Å². The highest BCUT2D eigenvalue weighted by molar-refractivity contribution is 5.91. The first-order valence-electron chi connectivity index (χ1n) is 7.84. The van der Waals surface area contributed by atoms with Crippen molar-refractivity contribution in [3.05, 3.63) is 46.0 Å². The Balaban J connectivity index is 2.27. The van der Waals surface area contributed by atoms with Crippen LogP contribution in [-0.2, 0) is 4.79 Å². The van der Waals surface area contributed by atoms with Gasteiger partial charge < -0.3 is 5.32 Å². The molecule has 22 heavy (non-hydrogen) atoms. The van der Waals surface area contributed by atoms with E-state index in [1.807, 2.05) is 0 Å². The lowest BCUT2D eigenvalue weighted by molar-refractivity contribution is -0.384. The van der Waals surface area contributed by atoms with E-state index in [1.165, 1.54) is 43.9 Å². The van der Waals surface area contributed by atoms with Crippen LogP contribution >= 0.6 is 0 Å². The monoisotopic (exact) mass is 304 g/mol. The molecule has 0 aliphatic heterocycles. The molecule has 0 saturated heterocycles. The minimum atomic E-state index is -0.448. The maximum atomic E-state index is 11.6. The number of amides is 1. The van der Waals surface area contributed by atoms with E-state index < -0.39 is 4.92 Å². The van der Waals surface area contributed by atoms with Gasteiger partial charge in [-0.1, -0.05) is 51.2 Å². The number of non-ortho nitro benzene ring substituents is 1. The average molecular weight is 304 g/mol. The van der Waals surface area contributed by atoms with E-state index >= 15 is 0 Å². The zero-order valence-electron chi connectivity index (χ0n) is 13.1. The minimum Gasteiger partial charge on any atom is -0.353 e. The lowest BCUT2D eigenvalue weighted by Gasteiger charge is -2.02. The third-order valence-electron chi connectivity index (χ3n) is 3.34. The number of benzene rings is 1. The lowest BCUT2D eigenvalue weighted by Crippen LogP contribution is -2.21. The second-order valence-electron chi connectivity index (χ2n) is 5.24. The maximum Gasteiger partial charge on any atom is 0.270 e. The lowest BCUT2D eigenvalue weighted by atomic mass is 10.1. The van der Waals surface area contributed by atoms with Crippen LogP contribution in [0.3, 0.4) is 0 Å². The van der Waals surface area contributed by atoms with E-state index in [4.69, 9.17) is 0 Å². The number of nitro groups is 1. The molecule has 0 aliphatic carbocycles. The second kappa shape index (κ2) is 10.5. The molecule has 0 aliphatic rings. The number of carbonyl (C=O) groups excluding carboxylic acids is 1. The molecule has 0 aromatic heterocycles. The molecule has 0 spiro atoms. The predicted molar refractivity (Wildman–Crippen MR) is 88.5 cm³/mol. The van der Waals surface area contributed by atoms with Crippen molar-refractivity contribution in [2.45, 2.75) is 45.4 Å². The fourth-order valence-corrected chi connectivity index (χ4v) is 2.09. The third-order valence-corrected chi connectivity index (χ3v) is 3.34. The summed E-state index contributed by atoms with van der Waals surface area (Å²) in [5.41, 5.74) is 0.665. The standard InChI is InChI=1S/C17H24N2O3/c1-2-3-4-5-6-7-13-18-17(20)12-11-15-9-8-10-16(14-15)19(21)22/h8-12,14H,2-7,13H2,1H3,(H,18,20)/b12-11+. The van der Waals surface area contributed by atoms with Crippen molar-refractivity contribution in [2.75, 3.05) is 6.54 Å². The van der Waals surface area contributed by atoms with Crippen molar-refractivity contribution in [3.8, 4) is 0 Å². The van der Waals surface area contributed by atoms with Gasteiger partial charge in [-0.15, -0.1) is 0 Å². The van der Waals surface area contributed by atoms with Crippen LogP contribution in [0.5, 0.6) is 0 Å². The first-order chi connectivity index (χ1) is 10.6. The molecule has 0 unspecified atom stereocenters. The predicted octanol–water partition coefficient (Wildman–Crippen LogP) is 4.08. The quantitative estimate of drug-likeness (QED) is 0.306. The summed E-state index contributed by atoms with van der Waals surface area (Å²) in [6, 6.07) is 6.20. The molecule has 1 amide bonds. The van der Waals surface area contributed by atoms with Crippen LogP contribution in [0.1, 0.15) is 51.0 Å². The molecule has 1 aromatic carbocycles. The van der Waals surface area contributed by atoms with Crippen molar-refractivity contribution >= 4 is 17.7 Å². The smallest absolute Gasteiger partial charge is 0.270 e. The highest BCUT2D eigenvalue weighted by Gasteiger charge is 2.04. The van der Waals surface area contributed by atoms with Crippen LogP contribution in [0, 0.1) is 10.1 Å². The summed E-state index contributed by atoms with van der Waals surface area (Å²) in [7, 11) is 0. The molecule has 1 rings (SSSR count). The zero-order chi connectivity index (χ0) is 16.2. The number of hydrogen-bond acceptors (Lipinski definition) is 3. The summed E-state index contributed by atoms with van der Waals surface area (Å²) < 4.78 is 0. The van der Waals surface area contributed by atoms with E-state index in [1.54, 1.807) is 18.2 Å². The SMILES string of the molecule is CCCCCCCCNC(=O)/C=C/c1cccc([N+](=O)[O-])c1.